The van der Waals surface area contributed by atoms with Gasteiger partial charge in [-0.2, -0.15) is 8.78 Å². The lowest BCUT2D eigenvalue weighted by Gasteiger charge is -2.19. The topological polar surface area (TPSA) is 32.3 Å². The van der Waals surface area contributed by atoms with Crippen LogP contribution >= 0.6 is 0 Å². The van der Waals surface area contributed by atoms with Crippen LogP contribution in [0.4, 0.5) is 23.2 Å². The Kier molecular flexibility index (Phi) is 6.14. The Morgan fingerprint density at radius 3 is 2.43 bits per heavy atom. The van der Waals surface area contributed by atoms with Crippen LogP contribution in [0.15, 0.2) is 24.3 Å². The lowest BCUT2D eigenvalue weighted by atomic mass is 10.1. The molecule has 0 heterocycles. The summed E-state index contributed by atoms with van der Waals surface area (Å²) in [5.41, 5.74) is 0.877. The Morgan fingerprint density at radius 1 is 1.29 bits per heavy atom. The Balaban J connectivity index is 2.79. The number of nitrogens with one attached hydrogen (secondary N) is 1. The lowest BCUT2D eigenvalue weighted by Crippen LogP contribution is -2.41. The molecule has 21 heavy (non-hydrogen) atoms. The fraction of sp³-hybridized carbons (Fsp3) is 0.500. The fourth-order valence-corrected chi connectivity index (χ4v) is 1.77. The van der Waals surface area contributed by atoms with Gasteiger partial charge in [0, 0.05) is 12.2 Å². The summed E-state index contributed by atoms with van der Waals surface area (Å²) >= 11 is 0. The summed E-state index contributed by atoms with van der Waals surface area (Å²) < 4.78 is 49.9. The van der Waals surface area contributed by atoms with Gasteiger partial charge in [0.25, 0.3) is 0 Å². The van der Waals surface area contributed by atoms with E-state index in [0.717, 1.165) is 18.7 Å². The van der Waals surface area contributed by atoms with Gasteiger partial charge < -0.3 is 5.32 Å². The molecule has 0 radical (unpaired) electrons. The maximum absolute atomic E-state index is 12.9. The van der Waals surface area contributed by atoms with Gasteiger partial charge in [-0.25, -0.2) is 8.78 Å². The van der Waals surface area contributed by atoms with Crippen molar-refractivity contribution in [3.63, 3.8) is 0 Å². The molecule has 118 valence electrons. The van der Waals surface area contributed by atoms with E-state index in [2.05, 4.69) is 4.90 Å². The number of hydrogen-bond donors (Lipinski definition) is 1. The van der Waals surface area contributed by atoms with Crippen LogP contribution in [0.5, 0.6) is 0 Å². The van der Waals surface area contributed by atoms with E-state index in [1.165, 1.54) is 12.1 Å². The van der Waals surface area contributed by atoms with Crippen LogP contribution in [-0.4, -0.2) is 36.2 Å². The zero-order valence-electron chi connectivity index (χ0n) is 11.9. The van der Waals surface area contributed by atoms with Crippen molar-refractivity contribution in [1.82, 2.24) is 4.90 Å². The number of benzene rings is 1. The molecule has 1 aromatic rings. The molecule has 3 nitrogen and oxygen atoms in total. The summed E-state index contributed by atoms with van der Waals surface area (Å²) in [5.74, 6) is -6.70. The smallest absolute Gasteiger partial charge is 0.321 e. The van der Waals surface area contributed by atoms with E-state index in [4.69, 9.17) is 0 Å². The summed E-state index contributed by atoms with van der Waals surface area (Å²) in [6.07, 6.45) is -4.03. The normalized spacial score (nSPS) is 12.0. The molecular weight excluding hydrogens is 288 g/mol. The molecule has 0 unspecified atom stereocenters. The first-order valence-electron chi connectivity index (χ1n) is 6.60. The second kappa shape index (κ2) is 7.40. The third kappa shape index (κ3) is 4.70. The molecule has 0 spiro atoms. The molecule has 0 bridgehead atoms. The number of rotatable bonds is 7. The lowest BCUT2D eigenvalue weighted by molar-refractivity contribution is -0.163. The second-order valence-corrected chi connectivity index (χ2v) is 4.54. The number of nitrogens with zero attached hydrogens (tertiary/aromatic N) is 1. The number of carbonyl (C=O) groups excluding carboxylic acids is 1. The highest BCUT2D eigenvalue weighted by Gasteiger charge is 2.48. The van der Waals surface area contributed by atoms with E-state index in [-0.39, 0.29) is 5.69 Å². The minimum absolute atomic E-state index is 0.0741. The van der Waals surface area contributed by atoms with Gasteiger partial charge >= 0.3 is 18.3 Å². The van der Waals surface area contributed by atoms with Gasteiger partial charge in [-0.05, 0) is 30.8 Å². The maximum atomic E-state index is 12.9. The van der Waals surface area contributed by atoms with Crippen molar-refractivity contribution < 1.29 is 22.4 Å². The molecule has 0 fully saturated rings. The Labute approximate surface area is 120 Å². The molecule has 0 saturated carbocycles. The summed E-state index contributed by atoms with van der Waals surface area (Å²) in [5, 5.41) is 1.83. The van der Waals surface area contributed by atoms with Crippen molar-refractivity contribution in [2.24, 2.45) is 0 Å². The van der Waals surface area contributed by atoms with Crippen LogP contribution in [0.1, 0.15) is 19.4 Å². The van der Waals surface area contributed by atoms with Crippen molar-refractivity contribution in [2.75, 3.05) is 18.4 Å². The van der Waals surface area contributed by atoms with E-state index < -0.39 is 18.3 Å². The third-order valence-corrected chi connectivity index (χ3v) is 3.06. The largest absolute Gasteiger partial charge is 0.383 e. The van der Waals surface area contributed by atoms with E-state index >= 15 is 0 Å². The number of hydrogen-bond acceptors (Lipinski definition) is 2. The number of amides is 1. The van der Waals surface area contributed by atoms with E-state index in [1.807, 2.05) is 19.2 Å². The van der Waals surface area contributed by atoms with Crippen molar-refractivity contribution in [3.05, 3.63) is 29.8 Å². The first-order valence-corrected chi connectivity index (χ1v) is 6.60. The van der Waals surface area contributed by atoms with Crippen LogP contribution in [0.2, 0.25) is 0 Å². The monoisotopic (exact) mass is 306 g/mol. The van der Waals surface area contributed by atoms with Crippen molar-refractivity contribution in [1.29, 1.82) is 0 Å². The number of halogens is 4. The maximum Gasteiger partial charge on any atom is 0.383 e. The van der Waals surface area contributed by atoms with Crippen LogP contribution in [0, 0.1) is 0 Å². The summed E-state index contributed by atoms with van der Waals surface area (Å²) in [7, 11) is 0. The summed E-state index contributed by atoms with van der Waals surface area (Å²) in [4.78, 5) is 13.3. The Bertz CT molecular complexity index is 476. The van der Waals surface area contributed by atoms with Crippen molar-refractivity contribution in [3.8, 4) is 0 Å². The molecule has 1 N–H and O–H groups in total. The number of anilines is 1. The number of alkyl halides is 4. The molecule has 0 saturated heterocycles. The Hall–Kier alpha value is -1.63. The fourth-order valence-electron chi connectivity index (χ4n) is 1.77. The molecule has 1 rings (SSSR count). The van der Waals surface area contributed by atoms with Gasteiger partial charge in [-0.15, -0.1) is 0 Å². The van der Waals surface area contributed by atoms with E-state index in [9.17, 15) is 22.4 Å². The summed E-state index contributed by atoms with van der Waals surface area (Å²) in [6, 6.07) is 6.23. The zero-order chi connectivity index (χ0) is 16.0. The molecule has 0 aliphatic carbocycles. The van der Waals surface area contributed by atoms with Gasteiger partial charge in [-0.1, -0.05) is 26.0 Å². The third-order valence-electron chi connectivity index (χ3n) is 3.06. The number of carbonyl (C=O) groups is 1. The minimum atomic E-state index is -4.70. The molecule has 0 aromatic heterocycles. The standard InChI is InChI=1S/C14H18F4N2O/c1-3-20(4-2)9-10-6-5-7-11(8-10)19-13(21)14(17,18)12(15)16/h5-8,12H,3-4,9H2,1-2H3,(H,19,21). The molecule has 0 aliphatic rings. The van der Waals surface area contributed by atoms with E-state index in [0.29, 0.717) is 6.54 Å². The highest BCUT2D eigenvalue weighted by Crippen LogP contribution is 2.25. The molecule has 0 aliphatic heterocycles. The minimum Gasteiger partial charge on any atom is -0.321 e. The highest BCUT2D eigenvalue weighted by atomic mass is 19.3. The molecular formula is C14H18F4N2O. The average molecular weight is 306 g/mol. The van der Waals surface area contributed by atoms with Gasteiger partial charge in [0.05, 0.1) is 0 Å². The SMILES string of the molecule is CCN(CC)Cc1cccc(NC(=O)C(F)(F)C(F)F)c1. The first kappa shape index (κ1) is 17.4. The van der Waals surface area contributed by atoms with Gasteiger partial charge in [0.15, 0.2) is 0 Å². The van der Waals surface area contributed by atoms with Gasteiger partial charge in [-0.3, -0.25) is 9.69 Å². The van der Waals surface area contributed by atoms with Crippen LogP contribution in [-0.2, 0) is 11.3 Å². The highest BCUT2D eigenvalue weighted by molar-refractivity contribution is 5.96. The van der Waals surface area contributed by atoms with Crippen LogP contribution < -0.4 is 5.32 Å². The zero-order valence-corrected chi connectivity index (χ0v) is 11.9. The molecule has 1 aromatic carbocycles. The molecule has 7 heteroatoms. The van der Waals surface area contributed by atoms with Crippen molar-refractivity contribution in [2.45, 2.75) is 32.7 Å². The predicted molar refractivity (Wildman–Crippen MR) is 72.6 cm³/mol. The van der Waals surface area contributed by atoms with Crippen molar-refractivity contribution >= 4 is 11.6 Å². The van der Waals surface area contributed by atoms with Gasteiger partial charge in [0.1, 0.15) is 0 Å². The molecule has 0 atom stereocenters. The van der Waals surface area contributed by atoms with Crippen LogP contribution in [0.25, 0.3) is 0 Å². The quantitative estimate of drug-likeness (QED) is 0.783. The van der Waals surface area contributed by atoms with E-state index in [1.54, 1.807) is 12.1 Å². The van der Waals surface area contributed by atoms with Gasteiger partial charge in [0.2, 0.25) is 0 Å². The predicted octanol–water partition coefficient (Wildman–Crippen LogP) is 3.37. The first-order chi connectivity index (χ1) is 9.81. The van der Waals surface area contributed by atoms with Crippen LogP contribution in [0.3, 0.4) is 0 Å². The second-order valence-electron chi connectivity index (χ2n) is 4.54. The summed E-state index contributed by atoms with van der Waals surface area (Å²) in [6.45, 7) is 6.19. The average Bonchev–Trinajstić information content (AvgIpc) is 2.44. The Morgan fingerprint density at radius 2 is 1.90 bits per heavy atom. The molecule has 1 amide bonds.